The molecule has 0 N–H and O–H groups in total. The molecule has 0 fully saturated rings. The van der Waals surface area contributed by atoms with E-state index in [1.807, 2.05) is 12.1 Å². The second kappa shape index (κ2) is 2.48. The van der Waals surface area contributed by atoms with Crippen molar-refractivity contribution >= 4 is 0 Å². The third-order valence-corrected chi connectivity index (χ3v) is 1.48. The quantitative estimate of drug-likeness (QED) is 0.559. The van der Waals surface area contributed by atoms with E-state index in [1.54, 1.807) is 13.8 Å². The van der Waals surface area contributed by atoms with E-state index >= 15 is 0 Å². The van der Waals surface area contributed by atoms with Crippen LogP contribution in [0, 0.1) is 36.5 Å². The van der Waals surface area contributed by atoms with Gasteiger partial charge in [0, 0.05) is 0 Å². The molecule has 0 bridgehead atoms. The fraction of sp³-hybridized carbons (Fsp3) is 0.250. The van der Waals surface area contributed by atoms with Crippen molar-refractivity contribution in [1.82, 2.24) is 0 Å². The van der Waals surface area contributed by atoms with Crippen LogP contribution in [-0.2, 0) is 0 Å². The first-order valence-corrected chi connectivity index (χ1v) is 3.11. The number of nitriles is 2. The summed E-state index contributed by atoms with van der Waals surface area (Å²) in [6, 6.07) is 3.84. The van der Waals surface area contributed by atoms with Gasteiger partial charge in [0.2, 0.25) is 0 Å². The van der Waals surface area contributed by atoms with Crippen molar-refractivity contribution in [2.75, 3.05) is 0 Å². The number of aryl methyl sites for hydroxylation is 2. The van der Waals surface area contributed by atoms with Gasteiger partial charge in [0.1, 0.15) is 34.8 Å². The van der Waals surface area contributed by atoms with Gasteiger partial charge in [-0.1, -0.05) is 0 Å². The maximum Gasteiger partial charge on any atom is 0.120 e. The predicted molar refractivity (Wildman–Crippen MR) is 37.6 cm³/mol. The molecular weight excluding hydrogens is 140 g/mol. The number of rotatable bonds is 0. The number of hydrogen-bond donors (Lipinski definition) is 0. The Balaban J connectivity index is 3.47. The molecule has 54 valence electrons. The van der Waals surface area contributed by atoms with Gasteiger partial charge in [0.25, 0.3) is 0 Å². The summed E-state index contributed by atoms with van der Waals surface area (Å²) in [6.07, 6.45) is 0. The minimum absolute atomic E-state index is 0.352. The summed E-state index contributed by atoms with van der Waals surface area (Å²) in [5.74, 6) is 1.03. The van der Waals surface area contributed by atoms with Crippen LogP contribution in [0.4, 0.5) is 0 Å². The first-order chi connectivity index (χ1) is 5.20. The van der Waals surface area contributed by atoms with E-state index in [0.717, 1.165) is 0 Å². The molecule has 0 radical (unpaired) electrons. The normalized spacial score (nSPS) is 8.73. The number of furan rings is 1. The summed E-state index contributed by atoms with van der Waals surface area (Å²) in [5, 5.41) is 17.2. The van der Waals surface area contributed by atoms with Gasteiger partial charge >= 0.3 is 0 Å². The number of hydrogen-bond acceptors (Lipinski definition) is 3. The molecule has 1 aromatic rings. The van der Waals surface area contributed by atoms with Crippen LogP contribution in [0.1, 0.15) is 22.6 Å². The molecule has 0 aromatic carbocycles. The molecule has 0 saturated carbocycles. The second-order valence-corrected chi connectivity index (χ2v) is 2.19. The Kier molecular flexibility index (Phi) is 1.66. The standard InChI is InChI=1S/C8H6N2O/c1-5-7(3-9)8(4-10)6(2)11-5/h1-2H3. The lowest BCUT2D eigenvalue weighted by Gasteiger charge is -1.79. The van der Waals surface area contributed by atoms with Crippen LogP contribution in [0.2, 0.25) is 0 Å². The van der Waals surface area contributed by atoms with Crippen molar-refractivity contribution < 1.29 is 4.42 Å². The summed E-state index contributed by atoms with van der Waals surface area (Å²) in [4.78, 5) is 0. The van der Waals surface area contributed by atoms with Crippen LogP contribution in [0.5, 0.6) is 0 Å². The predicted octanol–water partition coefficient (Wildman–Crippen LogP) is 1.64. The van der Waals surface area contributed by atoms with Crippen molar-refractivity contribution in [3.8, 4) is 12.1 Å². The smallest absolute Gasteiger partial charge is 0.120 e. The van der Waals surface area contributed by atoms with E-state index in [1.165, 1.54) is 0 Å². The van der Waals surface area contributed by atoms with Crippen molar-refractivity contribution in [3.05, 3.63) is 22.6 Å². The van der Waals surface area contributed by atoms with Crippen LogP contribution in [0.3, 0.4) is 0 Å². The molecule has 1 heterocycles. The van der Waals surface area contributed by atoms with Crippen LogP contribution in [-0.4, -0.2) is 0 Å². The van der Waals surface area contributed by atoms with Crippen molar-refractivity contribution in [2.45, 2.75) is 13.8 Å². The van der Waals surface area contributed by atoms with Gasteiger partial charge < -0.3 is 4.42 Å². The van der Waals surface area contributed by atoms with E-state index in [9.17, 15) is 0 Å². The molecule has 1 aromatic heterocycles. The number of nitrogens with zero attached hydrogens (tertiary/aromatic N) is 2. The zero-order valence-electron chi connectivity index (χ0n) is 6.30. The molecular formula is C8H6N2O. The zero-order valence-corrected chi connectivity index (χ0v) is 6.30. The Labute approximate surface area is 64.5 Å². The first kappa shape index (κ1) is 7.37. The summed E-state index contributed by atoms with van der Waals surface area (Å²) < 4.78 is 5.08. The van der Waals surface area contributed by atoms with Crippen LogP contribution in [0.15, 0.2) is 4.42 Å². The van der Waals surface area contributed by atoms with Gasteiger partial charge in [-0.05, 0) is 13.8 Å². The summed E-state index contributed by atoms with van der Waals surface area (Å²) in [7, 11) is 0. The summed E-state index contributed by atoms with van der Waals surface area (Å²) in [5.41, 5.74) is 0.704. The van der Waals surface area contributed by atoms with E-state index in [2.05, 4.69) is 0 Å². The van der Waals surface area contributed by atoms with Crippen LogP contribution >= 0.6 is 0 Å². The highest BCUT2D eigenvalue weighted by molar-refractivity contribution is 5.49. The maximum atomic E-state index is 8.58. The fourth-order valence-electron chi connectivity index (χ4n) is 0.953. The fourth-order valence-corrected chi connectivity index (χ4v) is 0.953. The van der Waals surface area contributed by atoms with Gasteiger partial charge in [0.05, 0.1) is 0 Å². The highest BCUT2D eigenvalue weighted by atomic mass is 16.3. The monoisotopic (exact) mass is 146 g/mol. The van der Waals surface area contributed by atoms with Crippen molar-refractivity contribution in [2.24, 2.45) is 0 Å². The molecule has 3 heteroatoms. The topological polar surface area (TPSA) is 60.7 Å². The molecule has 0 amide bonds. The van der Waals surface area contributed by atoms with Crippen molar-refractivity contribution in [3.63, 3.8) is 0 Å². The maximum absolute atomic E-state index is 8.58. The molecule has 0 aliphatic heterocycles. The lowest BCUT2D eigenvalue weighted by Crippen LogP contribution is -1.78. The molecule has 1 rings (SSSR count). The van der Waals surface area contributed by atoms with E-state index in [0.29, 0.717) is 22.6 Å². The largest absolute Gasteiger partial charge is 0.464 e. The van der Waals surface area contributed by atoms with Crippen LogP contribution in [0.25, 0.3) is 0 Å². The SMILES string of the molecule is Cc1oc(C)c(C#N)c1C#N. The first-order valence-electron chi connectivity index (χ1n) is 3.11. The minimum atomic E-state index is 0.352. The van der Waals surface area contributed by atoms with Gasteiger partial charge in [-0.15, -0.1) is 0 Å². The third-order valence-electron chi connectivity index (χ3n) is 1.48. The Morgan fingerprint density at radius 2 is 1.36 bits per heavy atom. The lowest BCUT2D eigenvalue weighted by molar-refractivity contribution is 0.503. The molecule has 0 saturated heterocycles. The Morgan fingerprint density at radius 1 is 1.00 bits per heavy atom. The molecule has 0 spiro atoms. The summed E-state index contributed by atoms with van der Waals surface area (Å²) in [6.45, 7) is 3.35. The van der Waals surface area contributed by atoms with Gasteiger partial charge in [-0.25, -0.2) is 0 Å². The highest BCUT2D eigenvalue weighted by Gasteiger charge is 2.13. The Hall–Kier alpha value is -1.74. The molecule has 0 aliphatic carbocycles. The van der Waals surface area contributed by atoms with Crippen molar-refractivity contribution in [1.29, 1.82) is 10.5 Å². The highest BCUT2D eigenvalue weighted by Crippen LogP contribution is 2.19. The molecule has 0 aliphatic rings. The molecule has 11 heavy (non-hydrogen) atoms. The van der Waals surface area contributed by atoms with Gasteiger partial charge in [-0.3, -0.25) is 0 Å². The Bertz CT molecular complexity index is 328. The third kappa shape index (κ3) is 0.971. The zero-order chi connectivity index (χ0) is 8.43. The molecule has 0 atom stereocenters. The Morgan fingerprint density at radius 3 is 1.64 bits per heavy atom. The minimum Gasteiger partial charge on any atom is -0.464 e. The molecule has 3 nitrogen and oxygen atoms in total. The summed E-state index contributed by atoms with van der Waals surface area (Å²) >= 11 is 0. The average molecular weight is 146 g/mol. The van der Waals surface area contributed by atoms with Crippen LogP contribution < -0.4 is 0 Å². The van der Waals surface area contributed by atoms with E-state index in [4.69, 9.17) is 14.9 Å². The average Bonchev–Trinajstić information content (AvgIpc) is 2.24. The van der Waals surface area contributed by atoms with E-state index in [-0.39, 0.29) is 0 Å². The molecule has 0 unspecified atom stereocenters. The lowest BCUT2D eigenvalue weighted by atomic mass is 10.1. The van der Waals surface area contributed by atoms with Gasteiger partial charge in [0.15, 0.2) is 0 Å². The van der Waals surface area contributed by atoms with E-state index < -0.39 is 0 Å². The van der Waals surface area contributed by atoms with Gasteiger partial charge in [-0.2, -0.15) is 10.5 Å². The second-order valence-electron chi connectivity index (χ2n) is 2.19.